The third-order valence-corrected chi connectivity index (χ3v) is 2.06. The Kier molecular flexibility index (Phi) is 4.49. The molecule has 14 heavy (non-hydrogen) atoms. The van der Waals surface area contributed by atoms with Gasteiger partial charge in [-0.05, 0) is 18.4 Å². The van der Waals surface area contributed by atoms with Crippen LogP contribution in [0.15, 0.2) is 72.9 Å². The van der Waals surface area contributed by atoms with E-state index in [1.807, 2.05) is 12.2 Å². The summed E-state index contributed by atoms with van der Waals surface area (Å²) in [4.78, 5) is 0. The molecule has 0 heterocycles. The van der Waals surface area contributed by atoms with Crippen molar-refractivity contribution in [3.63, 3.8) is 0 Å². The van der Waals surface area contributed by atoms with Crippen molar-refractivity contribution >= 4 is 0 Å². The third-order valence-electron chi connectivity index (χ3n) is 2.06. The van der Waals surface area contributed by atoms with E-state index < -0.39 is 0 Å². The quantitative estimate of drug-likeness (QED) is 0.579. The largest absolute Gasteiger partial charge is 0.0990 e. The Hall–Kier alpha value is -1.56. The van der Waals surface area contributed by atoms with Crippen LogP contribution in [-0.4, -0.2) is 0 Å². The molecule has 72 valence electrons. The normalized spacial score (nSPS) is 16.3. The summed E-state index contributed by atoms with van der Waals surface area (Å²) < 4.78 is 0. The smallest absolute Gasteiger partial charge is 0.0129 e. The van der Waals surface area contributed by atoms with E-state index in [0.717, 1.165) is 18.4 Å². The molecule has 0 amide bonds. The summed E-state index contributed by atoms with van der Waals surface area (Å²) >= 11 is 0. The second kappa shape index (κ2) is 5.98. The molecular formula is C14H16. The molecule has 1 rings (SSSR count). The van der Waals surface area contributed by atoms with Gasteiger partial charge in [0.15, 0.2) is 0 Å². The van der Waals surface area contributed by atoms with E-state index >= 15 is 0 Å². The molecule has 0 unspecified atom stereocenters. The summed E-state index contributed by atoms with van der Waals surface area (Å²) in [7, 11) is 0. The van der Waals surface area contributed by atoms with E-state index in [4.69, 9.17) is 0 Å². The molecule has 0 aromatic rings. The Morgan fingerprint density at radius 2 is 1.79 bits per heavy atom. The van der Waals surface area contributed by atoms with Crippen LogP contribution in [0.3, 0.4) is 0 Å². The standard InChI is InChI=1S/C14H16/c1-3-9-13(4-2)12-14-10-7-5-6-8-11-14/h3-9,12H,1-2,10-11H2/b13-9-. The minimum Gasteiger partial charge on any atom is -0.0990 e. The lowest BCUT2D eigenvalue weighted by molar-refractivity contribution is 1.12. The summed E-state index contributed by atoms with van der Waals surface area (Å²) in [6, 6.07) is 0. The zero-order valence-electron chi connectivity index (χ0n) is 8.45. The molecule has 0 atom stereocenters. The number of hydrogen-bond donors (Lipinski definition) is 0. The first-order chi connectivity index (χ1) is 6.86. The average Bonchev–Trinajstić information content (AvgIpc) is 2.45. The lowest BCUT2D eigenvalue weighted by Crippen LogP contribution is -1.80. The summed E-state index contributed by atoms with van der Waals surface area (Å²) in [5.74, 6) is 0. The molecule has 0 aliphatic heterocycles. The van der Waals surface area contributed by atoms with Crippen LogP contribution < -0.4 is 0 Å². The maximum absolute atomic E-state index is 3.77. The molecule has 0 radical (unpaired) electrons. The molecule has 1 aliphatic rings. The SMILES string of the molecule is C=C/C=C(/C=C)C=C1CC=CC=CC1. The van der Waals surface area contributed by atoms with Crippen LogP contribution >= 0.6 is 0 Å². The van der Waals surface area contributed by atoms with Crippen molar-refractivity contribution in [1.82, 2.24) is 0 Å². The fourth-order valence-electron chi connectivity index (χ4n) is 1.34. The van der Waals surface area contributed by atoms with Crippen LogP contribution in [0.2, 0.25) is 0 Å². The van der Waals surface area contributed by atoms with Gasteiger partial charge in [-0.15, -0.1) is 0 Å². The topological polar surface area (TPSA) is 0 Å². The van der Waals surface area contributed by atoms with E-state index in [0.29, 0.717) is 0 Å². The highest BCUT2D eigenvalue weighted by atomic mass is 14.0. The molecule has 0 nitrogen and oxygen atoms in total. The fourth-order valence-corrected chi connectivity index (χ4v) is 1.34. The second-order valence-electron chi connectivity index (χ2n) is 3.17. The minimum absolute atomic E-state index is 1.02. The first kappa shape index (κ1) is 10.5. The van der Waals surface area contributed by atoms with Gasteiger partial charge in [0.25, 0.3) is 0 Å². The van der Waals surface area contributed by atoms with Gasteiger partial charge in [0, 0.05) is 0 Å². The zero-order chi connectivity index (χ0) is 10.2. The molecule has 0 heteroatoms. The van der Waals surface area contributed by atoms with Gasteiger partial charge < -0.3 is 0 Å². The Balaban J connectivity index is 2.79. The Labute approximate surface area is 86.3 Å². The van der Waals surface area contributed by atoms with Gasteiger partial charge in [0.1, 0.15) is 0 Å². The minimum atomic E-state index is 1.02. The number of rotatable bonds is 3. The summed E-state index contributed by atoms with van der Waals surface area (Å²) in [6.45, 7) is 7.45. The van der Waals surface area contributed by atoms with Crippen LogP contribution in [0.1, 0.15) is 12.8 Å². The average molecular weight is 184 g/mol. The molecule has 0 aromatic heterocycles. The Bertz CT molecular complexity index is 306. The van der Waals surface area contributed by atoms with Crippen molar-refractivity contribution in [2.45, 2.75) is 12.8 Å². The van der Waals surface area contributed by atoms with E-state index in [1.54, 1.807) is 6.08 Å². The van der Waals surface area contributed by atoms with Gasteiger partial charge in [-0.2, -0.15) is 0 Å². The second-order valence-corrected chi connectivity index (χ2v) is 3.17. The van der Waals surface area contributed by atoms with Crippen molar-refractivity contribution in [3.05, 3.63) is 72.9 Å². The molecule has 0 fully saturated rings. The van der Waals surface area contributed by atoms with Gasteiger partial charge in [-0.3, -0.25) is 0 Å². The summed E-state index contributed by atoms with van der Waals surface area (Å²) in [5.41, 5.74) is 2.53. The van der Waals surface area contributed by atoms with Crippen LogP contribution in [0.4, 0.5) is 0 Å². The highest BCUT2D eigenvalue weighted by Gasteiger charge is 1.95. The molecule has 1 aliphatic carbocycles. The highest BCUT2D eigenvalue weighted by Crippen LogP contribution is 2.15. The molecule has 0 saturated heterocycles. The van der Waals surface area contributed by atoms with Gasteiger partial charge in [0.05, 0.1) is 0 Å². The summed E-state index contributed by atoms with van der Waals surface area (Å²) in [5, 5.41) is 0. The Morgan fingerprint density at radius 1 is 1.14 bits per heavy atom. The van der Waals surface area contributed by atoms with Gasteiger partial charge in [-0.25, -0.2) is 0 Å². The number of allylic oxidation sites excluding steroid dienone is 10. The molecule has 0 saturated carbocycles. The maximum atomic E-state index is 3.77. The van der Waals surface area contributed by atoms with Crippen LogP contribution in [0.5, 0.6) is 0 Å². The van der Waals surface area contributed by atoms with E-state index in [1.165, 1.54) is 5.57 Å². The first-order valence-corrected chi connectivity index (χ1v) is 4.83. The van der Waals surface area contributed by atoms with Crippen LogP contribution in [-0.2, 0) is 0 Å². The third kappa shape index (κ3) is 3.44. The van der Waals surface area contributed by atoms with Crippen molar-refractivity contribution < 1.29 is 0 Å². The van der Waals surface area contributed by atoms with Gasteiger partial charge >= 0.3 is 0 Å². The predicted octanol–water partition coefficient (Wildman–Crippen LogP) is 4.12. The molecule has 0 bridgehead atoms. The lowest BCUT2D eigenvalue weighted by Gasteiger charge is -2.00. The Morgan fingerprint density at radius 3 is 2.29 bits per heavy atom. The molecule has 0 aromatic carbocycles. The van der Waals surface area contributed by atoms with Gasteiger partial charge in [-0.1, -0.05) is 67.3 Å². The van der Waals surface area contributed by atoms with E-state index in [-0.39, 0.29) is 0 Å². The monoisotopic (exact) mass is 184 g/mol. The number of hydrogen-bond acceptors (Lipinski definition) is 0. The van der Waals surface area contributed by atoms with Gasteiger partial charge in [0.2, 0.25) is 0 Å². The highest BCUT2D eigenvalue weighted by molar-refractivity contribution is 5.36. The summed E-state index contributed by atoms with van der Waals surface area (Å²) in [6.07, 6.45) is 18.4. The van der Waals surface area contributed by atoms with Crippen LogP contribution in [0.25, 0.3) is 0 Å². The van der Waals surface area contributed by atoms with Crippen molar-refractivity contribution in [3.8, 4) is 0 Å². The first-order valence-electron chi connectivity index (χ1n) is 4.83. The van der Waals surface area contributed by atoms with E-state index in [9.17, 15) is 0 Å². The molecule has 0 spiro atoms. The predicted molar refractivity (Wildman–Crippen MR) is 64.1 cm³/mol. The van der Waals surface area contributed by atoms with E-state index in [2.05, 4.69) is 43.5 Å². The van der Waals surface area contributed by atoms with Crippen molar-refractivity contribution in [1.29, 1.82) is 0 Å². The maximum Gasteiger partial charge on any atom is -0.0129 e. The van der Waals surface area contributed by atoms with Crippen LogP contribution in [0, 0.1) is 0 Å². The zero-order valence-corrected chi connectivity index (χ0v) is 8.45. The van der Waals surface area contributed by atoms with Crippen molar-refractivity contribution in [2.75, 3.05) is 0 Å². The fraction of sp³-hybridized carbons (Fsp3) is 0.143. The molecular weight excluding hydrogens is 168 g/mol. The molecule has 0 N–H and O–H groups in total. The van der Waals surface area contributed by atoms with Crippen molar-refractivity contribution in [2.24, 2.45) is 0 Å². The lowest BCUT2D eigenvalue weighted by atomic mass is 10.1.